The summed E-state index contributed by atoms with van der Waals surface area (Å²) in [5.41, 5.74) is -0.210. The first-order chi connectivity index (χ1) is 12.7. The van der Waals surface area contributed by atoms with E-state index in [9.17, 15) is 17.8 Å². The third-order valence-electron chi connectivity index (χ3n) is 7.14. The minimum Gasteiger partial charge on any atom is -0.290 e. The fourth-order valence-corrected chi connectivity index (χ4v) is 6.27. The molecule has 6 heteroatoms. The first-order valence-electron chi connectivity index (χ1n) is 10.4. The van der Waals surface area contributed by atoms with Gasteiger partial charge in [-0.3, -0.25) is 9.35 Å². The summed E-state index contributed by atoms with van der Waals surface area (Å²) in [5, 5.41) is 0. The molecule has 0 aliphatic heterocycles. The Hall–Kier alpha value is -0.980. The lowest BCUT2D eigenvalue weighted by Gasteiger charge is -2.56. The smallest absolute Gasteiger partial charge is 0.290 e. The molecule has 0 aromatic rings. The van der Waals surface area contributed by atoms with Crippen molar-refractivity contribution >= 4 is 16.2 Å². The van der Waals surface area contributed by atoms with Crippen molar-refractivity contribution in [2.75, 3.05) is 0 Å². The molecule has 0 saturated heterocycles. The van der Waals surface area contributed by atoms with Gasteiger partial charge in [-0.2, -0.15) is 8.42 Å². The van der Waals surface area contributed by atoms with E-state index in [-0.39, 0.29) is 35.4 Å². The molecule has 4 rings (SSSR count). The number of hydrogen-bond donors (Lipinski definition) is 1. The molecule has 1 N–H and O–H groups in total. The van der Waals surface area contributed by atoms with Gasteiger partial charge in [-0.05, 0) is 73.8 Å². The number of rotatable bonds is 2. The van der Waals surface area contributed by atoms with Gasteiger partial charge in [0.15, 0.2) is 5.78 Å². The summed E-state index contributed by atoms with van der Waals surface area (Å²) in [5.74, 6) is 0.0326. The highest BCUT2D eigenvalue weighted by Gasteiger charge is 2.59. The number of ketones is 1. The molecule has 25 heavy (non-hydrogen) atoms. The van der Waals surface area contributed by atoms with Crippen molar-refractivity contribution in [3.05, 3.63) is 23.8 Å². The molecule has 3 fully saturated rings. The van der Waals surface area contributed by atoms with Gasteiger partial charge in [0.1, 0.15) is 0 Å². The zero-order valence-corrected chi connectivity index (χ0v) is 15.3. The van der Waals surface area contributed by atoms with Crippen molar-refractivity contribution in [1.82, 2.24) is 0 Å². The molecular weight excluding hydrogens is 340 g/mol. The zero-order valence-electron chi connectivity index (χ0n) is 17.5. The van der Waals surface area contributed by atoms with Gasteiger partial charge in [0.25, 0.3) is 0 Å². The maximum absolute atomic E-state index is 11.8. The van der Waals surface area contributed by atoms with Crippen LogP contribution in [-0.2, 0) is 19.4 Å². The van der Waals surface area contributed by atoms with Gasteiger partial charge in [0.2, 0.25) is 0 Å². The first kappa shape index (κ1) is 14.1. The molecule has 3 saturated carbocycles. The zero-order chi connectivity index (χ0) is 20.8. The Morgan fingerprint density at radius 2 is 2.08 bits per heavy atom. The lowest BCUT2D eigenvalue weighted by Crippen LogP contribution is -2.50. The van der Waals surface area contributed by atoms with E-state index in [0.717, 1.165) is 18.4 Å². The van der Waals surface area contributed by atoms with Gasteiger partial charge in [0, 0.05) is 8.16 Å². The quantitative estimate of drug-likeness (QED) is 0.754. The van der Waals surface area contributed by atoms with E-state index in [1.807, 2.05) is 6.08 Å². The number of fused-ring (bicyclic) bond motifs is 5. The topological polar surface area (TPSA) is 80.7 Å². The molecule has 0 radical (unpaired) electrons. The van der Waals surface area contributed by atoms with Crippen molar-refractivity contribution in [2.24, 2.45) is 28.6 Å². The molecule has 0 unspecified atom stereocenters. The third-order valence-corrected chi connectivity index (χ3v) is 7.51. The minimum atomic E-state index is -4.98. The van der Waals surface area contributed by atoms with E-state index < -0.39 is 28.3 Å². The van der Waals surface area contributed by atoms with E-state index in [1.54, 1.807) is 19.1 Å². The highest BCUT2D eigenvalue weighted by atomic mass is 32.3. The maximum Gasteiger partial charge on any atom is 0.397 e. The van der Waals surface area contributed by atoms with E-state index >= 15 is 0 Å². The Morgan fingerprint density at radius 1 is 1.32 bits per heavy atom. The van der Waals surface area contributed by atoms with Crippen LogP contribution >= 0.6 is 0 Å². The predicted molar refractivity (Wildman–Crippen MR) is 93.0 cm³/mol. The van der Waals surface area contributed by atoms with Crippen molar-refractivity contribution in [3.8, 4) is 0 Å². The van der Waals surface area contributed by atoms with Crippen molar-refractivity contribution in [2.45, 2.75) is 58.4 Å². The number of allylic oxidation sites excluding steroid dienone is 4. The van der Waals surface area contributed by atoms with Crippen LogP contribution < -0.4 is 0 Å². The Kier molecular flexibility index (Phi) is 3.11. The van der Waals surface area contributed by atoms with Gasteiger partial charge in [-0.1, -0.05) is 25.5 Å². The molecule has 0 spiro atoms. The fourth-order valence-electron chi connectivity index (χ4n) is 5.81. The Labute approximate surface area is 153 Å². The molecule has 0 aromatic heterocycles. The fraction of sp³-hybridized carbons (Fsp3) is 0.737. The van der Waals surface area contributed by atoms with Crippen LogP contribution in [0.4, 0.5) is 0 Å². The van der Waals surface area contributed by atoms with Crippen LogP contribution in [0.1, 0.15) is 56.4 Å². The van der Waals surface area contributed by atoms with Crippen molar-refractivity contribution < 1.29 is 26.1 Å². The molecule has 4 aliphatic rings. The van der Waals surface area contributed by atoms with E-state index in [1.165, 1.54) is 0 Å². The monoisotopic (exact) mass is 369 g/mol. The number of carbonyl (C=O) groups excluding carboxylic acids is 1. The van der Waals surface area contributed by atoms with Crippen LogP contribution in [0.5, 0.6) is 0 Å². The standard InChI is InChI=1S/C19H26O5S/c1-18-9-7-13(20)11-12(18)3-4-14-15-5-6-17(24-25(21,22)23)19(15,2)10-8-16(14)18/h7,9,11,14-17H,3-6,8,10H2,1-2H3,(H,21,22,23)/t14-,15-,16-,17-,18-,19-/m1/s1/i6D2,17D. The second-order valence-electron chi connectivity index (χ2n) is 8.28. The van der Waals surface area contributed by atoms with Crippen LogP contribution in [0, 0.1) is 28.6 Å². The van der Waals surface area contributed by atoms with Gasteiger partial charge in [0.05, 0.1) is 7.45 Å². The molecule has 6 atom stereocenters. The van der Waals surface area contributed by atoms with E-state index in [0.29, 0.717) is 12.8 Å². The SMILES string of the molecule is [2H]C1([2H])C[C@@H]2[C@H]3CCC4=CC(=O)C=C[C@@]4(C)[C@@H]3CC[C@@]2(C)[C@]1([2H])OS(=O)(=O)O. The first-order valence-corrected chi connectivity index (χ1v) is 10.2. The highest BCUT2D eigenvalue weighted by molar-refractivity contribution is 7.80. The normalized spacial score (nSPS) is 52.9. The van der Waals surface area contributed by atoms with E-state index in [2.05, 4.69) is 6.92 Å². The lowest BCUT2D eigenvalue weighted by molar-refractivity contribution is -0.111. The minimum absolute atomic E-state index is 0.00417. The molecule has 138 valence electrons. The summed E-state index contributed by atoms with van der Waals surface area (Å²) < 4.78 is 62.4. The van der Waals surface area contributed by atoms with E-state index in [4.69, 9.17) is 8.30 Å². The molecule has 0 aromatic carbocycles. The Morgan fingerprint density at radius 3 is 2.80 bits per heavy atom. The Balaban J connectivity index is 1.75. The summed E-state index contributed by atoms with van der Waals surface area (Å²) in [6.45, 7) is 3.85. The maximum atomic E-state index is 11.8. The van der Waals surface area contributed by atoms with Crippen LogP contribution in [0.2, 0.25) is 0 Å². The van der Waals surface area contributed by atoms with Crippen LogP contribution in [0.25, 0.3) is 0 Å². The average Bonchev–Trinajstić information content (AvgIpc) is 2.70. The second-order valence-corrected chi connectivity index (χ2v) is 9.30. The molecule has 0 heterocycles. The molecule has 4 aliphatic carbocycles. The molecule has 0 amide bonds. The Bertz CT molecular complexity index is 897. The van der Waals surface area contributed by atoms with Crippen LogP contribution in [0.15, 0.2) is 23.8 Å². The van der Waals surface area contributed by atoms with Crippen molar-refractivity contribution in [1.29, 1.82) is 0 Å². The summed E-state index contributed by atoms with van der Waals surface area (Å²) in [6, 6.07) is 0. The molecule has 0 bridgehead atoms. The van der Waals surface area contributed by atoms with Gasteiger partial charge < -0.3 is 0 Å². The molecular formula is C19H26O5S. The van der Waals surface area contributed by atoms with Gasteiger partial charge >= 0.3 is 10.4 Å². The second kappa shape index (κ2) is 5.51. The van der Waals surface area contributed by atoms with Crippen LogP contribution in [0.3, 0.4) is 0 Å². The lowest BCUT2D eigenvalue weighted by atomic mass is 9.48. The highest BCUT2D eigenvalue weighted by Crippen LogP contribution is 2.64. The summed E-state index contributed by atoms with van der Waals surface area (Å²) in [7, 11) is -4.98. The summed E-state index contributed by atoms with van der Waals surface area (Å²) in [6.07, 6.45) is 3.30. The van der Waals surface area contributed by atoms with Crippen molar-refractivity contribution in [3.63, 3.8) is 0 Å². The number of carbonyl (C=O) groups is 1. The summed E-state index contributed by atoms with van der Waals surface area (Å²) in [4.78, 5) is 11.8. The average molecular weight is 369 g/mol. The van der Waals surface area contributed by atoms with Gasteiger partial charge in [-0.25, -0.2) is 4.18 Å². The van der Waals surface area contributed by atoms with Gasteiger partial charge in [-0.15, -0.1) is 0 Å². The summed E-state index contributed by atoms with van der Waals surface area (Å²) >= 11 is 0. The largest absolute Gasteiger partial charge is 0.397 e. The number of hydrogen-bond acceptors (Lipinski definition) is 4. The van der Waals surface area contributed by atoms with Crippen LogP contribution in [-0.4, -0.2) is 24.8 Å². The molecule has 5 nitrogen and oxygen atoms in total. The predicted octanol–water partition coefficient (Wildman–Crippen LogP) is 3.48. The third kappa shape index (κ3) is 2.64.